The maximum atomic E-state index is 12.6. The van der Waals surface area contributed by atoms with Gasteiger partial charge in [-0.05, 0) is 13.2 Å². The highest BCUT2D eigenvalue weighted by molar-refractivity contribution is 7.98. The molecule has 4 N–H and O–H groups in total. The van der Waals surface area contributed by atoms with E-state index in [-0.39, 0.29) is 42.3 Å². The van der Waals surface area contributed by atoms with E-state index in [0.717, 1.165) is 27.7 Å². The predicted octanol–water partition coefficient (Wildman–Crippen LogP) is 0.559. The lowest BCUT2D eigenvalue weighted by Gasteiger charge is -2.46. The molecule has 0 bridgehead atoms. The Kier molecular flexibility index (Phi) is 5.37. The Balaban J connectivity index is 1.56. The summed E-state index contributed by atoms with van der Waals surface area (Å²) in [6, 6.07) is 0.0213. The van der Waals surface area contributed by atoms with Crippen LogP contribution < -0.4 is 9.88 Å². The van der Waals surface area contributed by atoms with Gasteiger partial charge in [-0.2, -0.15) is 4.40 Å². The molecule has 32 heavy (non-hydrogen) atoms. The van der Waals surface area contributed by atoms with Crippen molar-refractivity contribution in [3.63, 3.8) is 0 Å². The molecule has 0 saturated carbocycles. The lowest BCUT2D eigenvalue weighted by atomic mass is 9.77. The number of hydrogen-bond donors (Lipinski definition) is 4. The molecule has 3 aliphatic rings. The molecular weight excluding hydrogens is 452 g/mol. The highest BCUT2D eigenvalue weighted by Gasteiger charge is 2.60. The number of carboxylic acid groups (broad SMARTS) is 1. The van der Waals surface area contributed by atoms with E-state index >= 15 is 0 Å². The number of aliphatic hydroxyl groups is 2. The van der Waals surface area contributed by atoms with Crippen LogP contribution in [0.1, 0.15) is 31.2 Å². The first-order chi connectivity index (χ1) is 15.3. The lowest BCUT2D eigenvalue weighted by molar-refractivity contribution is -0.750. The average molecular weight is 480 g/mol. The van der Waals surface area contributed by atoms with Crippen LogP contribution in [0.4, 0.5) is 0 Å². The van der Waals surface area contributed by atoms with Crippen molar-refractivity contribution in [1.82, 2.24) is 14.6 Å². The fourth-order valence-corrected chi connectivity index (χ4v) is 7.75. The van der Waals surface area contributed by atoms with Crippen molar-refractivity contribution in [3.05, 3.63) is 23.1 Å². The molecule has 1 amide bonds. The van der Waals surface area contributed by atoms with Gasteiger partial charge in [0.2, 0.25) is 15.8 Å². The summed E-state index contributed by atoms with van der Waals surface area (Å²) in [6.45, 7) is 4.43. The molecule has 172 valence electrons. The number of nitrogens with zero attached hydrogens (tertiary/aromatic N) is 3. The average Bonchev–Trinajstić information content (AvgIpc) is 3.47. The third-order valence-corrected chi connectivity index (χ3v) is 9.07. The number of rotatable bonds is 6. The van der Waals surface area contributed by atoms with Crippen LogP contribution in [-0.4, -0.2) is 74.1 Å². The number of β-lactam (4-membered cyclic amide) rings is 1. The minimum atomic E-state index is -1.11. The molecule has 6 atom stereocenters. The van der Waals surface area contributed by atoms with Crippen molar-refractivity contribution in [1.29, 1.82) is 0 Å². The Morgan fingerprint density at radius 2 is 2.22 bits per heavy atom. The second-order valence-electron chi connectivity index (χ2n) is 8.84. The van der Waals surface area contributed by atoms with Crippen LogP contribution in [0.2, 0.25) is 0 Å². The summed E-state index contributed by atoms with van der Waals surface area (Å²) in [6.07, 6.45) is 6.04. The number of hydrogen-bond acceptors (Lipinski definition) is 7. The second-order valence-corrected chi connectivity index (χ2v) is 10.7. The van der Waals surface area contributed by atoms with Gasteiger partial charge in [-0.25, -0.2) is 9.36 Å². The van der Waals surface area contributed by atoms with E-state index in [1.54, 1.807) is 18.7 Å². The van der Waals surface area contributed by atoms with Crippen LogP contribution in [0.5, 0.6) is 0 Å². The summed E-state index contributed by atoms with van der Waals surface area (Å²) < 4.78 is 4.26. The number of aliphatic carboxylic acids is 1. The van der Waals surface area contributed by atoms with Gasteiger partial charge >= 0.3 is 5.97 Å². The van der Waals surface area contributed by atoms with E-state index in [2.05, 4.69) is 9.88 Å². The molecule has 0 aliphatic carbocycles. The van der Waals surface area contributed by atoms with Crippen molar-refractivity contribution >= 4 is 45.4 Å². The van der Waals surface area contributed by atoms with Gasteiger partial charge in [0, 0.05) is 30.5 Å². The van der Waals surface area contributed by atoms with Gasteiger partial charge in [0.15, 0.2) is 0 Å². The fraction of sp³-hybridized carbons (Fsp3) is 0.571. The zero-order valence-corrected chi connectivity index (χ0v) is 19.7. The van der Waals surface area contributed by atoms with E-state index in [4.69, 9.17) is 0 Å². The summed E-state index contributed by atoms with van der Waals surface area (Å²) in [4.78, 5) is 28.0. The Morgan fingerprint density at radius 3 is 2.81 bits per heavy atom. The largest absolute Gasteiger partial charge is 0.477 e. The first-order valence-electron chi connectivity index (χ1n) is 10.7. The van der Waals surface area contributed by atoms with E-state index < -0.39 is 18.0 Å². The third-order valence-electron chi connectivity index (χ3n) is 7.01. The molecule has 3 aliphatic heterocycles. The van der Waals surface area contributed by atoms with E-state index in [9.17, 15) is 24.9 Å². The highest BCUT2D eigenvalue weighted by atomic mass is 32.2. The molecular formula is C21H27N4O5S2+. The fourth-order valence-electron chi connectivity index (χ4n) is 5.52. The van der Waals surface area contributed by atoms with Gasteiger partial charge in [-0.1, -0.05) is 30.0 Å². The van der Waals surface area contributed by atoms with Crippen LogP contribution in [0.3, 0.4) is 0 Å². The number of thioether (sulfide) groups is 1. The van der Waals surface area contributed by atoms with E-state index in [0.29, 0.717) is 5.57 Å². The highest BCUT2D eigenvalue weighted by Crippen LogP contribution is 2.51. The number of amides is 1. The summed E-state index contributed by atoms with van der Waals surface area (Å²) in [5, 5.41) is 33.9. The molecule has 0 aromatic carbocycles. The van der Waals surface area contributed by atoms with Crippen molar-refractivity contribution < 1.29 is 29.5 Å². The summed E-state index contributed by atoms with van der Waals surface area (Å²) in [5.74, 6) is -2.18. The molecule has 11 heteroatoms. The summed E-state index contributed by atoms with van der Waals surface area (Å²) in [5.41, 5.74) is 0.701. The Hall–Kier alpha value is -1.92. The SMILES string of the molecule is CSc1c2sc(C3=C(C(=O)O)N4C(=O)[C@H]([C@@H](C)O)[C@H]4[C@H]3C)cn2c[n+]1[C@@H]1CN[C@H](CO)C1. The standard InChI is InChI=1S/C21H26N4O5S2/c1-9-14(17(21(29)30)25-16(9)15(10(2)27)18(25)28)13-6-23-8-24(20(31-3)19(23)32-13)12-4-11(7-26)22-5-12/h6,8-12,15-16,22,26-27H,4-5,7H2,1-3H3/p+1/t9-,10+,11-,12-,15+,16+/m0/s1. The van der Waals surface area contributed by atoms with Crippen molar-refractivity contribution in [3.8, 4) is 0 Å². The van der Waals surface area contributed by atoms with Crippen LogP contribution in [0.25, 0.3) is 10.4 Å². The van der Waals surface area contributed by atoms with Gasteiger partial charge in [0.1, 0.15) is 17.9 Å². The number of nitrogens with one attached hydrogen (secondary N) is 1. The van der Waals surface area contributed by atoms with Crippen LogP contribution in [0, 0.1) is 11.8 Å². The van der Waals surface area contributed by atoms with Crippen LogP contribution in [0.15, 0.2) is 23.2 Å². The van der Waals surface area contributed by atoms with Gasteiger partial charge in [-0.15, -0.1) is 0 Å². The van der Waals surface area contributed by atoms with Gasteiger partial charge in [-0.3, -0.25) is 4.79 Å². The Bertz CT molecular complexity index is 1140. The number of aliphatic hydroxyl groups excluding tert-OH is 2. The van der Waals surface area contributed by atoms with E-state index in [1.807, 2.05) is 30.1 Å². The maximum Gasteiger partial charge on any atom is 0.352 e. The quantitative estimate of drug-likeness (QED) is 0.272. The summed E-state index contributed by atoms with van der Waals surface area (Å²) >= 11 is 3.17. The van der Waals surface area contributed by atoms with Gasteiger partial charge in [0.05, 0.1) is 29.5 Å². The maximum absolute atomic E-state index is 12.6. The number of carbonyl (C=O) groups is 2. The Labute approximate surface area is 193 Å². The molecule has 5 rings (SSSR count). The molecule has 2 fully saturated rings. The van der Waals surface area contributed by atoms with Crippen LogP contribution >= 0.6 is 23.1 Å². The number of fused-ring (bicyclic) bond motifs is 2. The first-order valence-corrected chi connectivity index (χ1v) is 12.7. The lowest BCUT2D eigenvalue weighted by Crippen LogP contribution is -2.63. The molecule has 0 unspecified atom stereocenters. The molecule has 2 aromatic rings. The molecule has 0 radical (unpaired) electrons. The molecule has 2 aromatic heterocycles. The van der Waals surface area contributed by atoms with Gasteiger partial charge < -0.3 is 25.5 Å². The predicted molar refractivity (Wildman–Crippen MR) is 119 cm³/mol. The minimum absolute atomic E-state index is 0.0401. The molecule has 9 nitrogen and oxygen atoms in total. The number of carbonyl (C=O) groups excluding carboxylic acids is 1. The van der Waals surface area contributed by atoms with Crippen molar-refractivity contribution in [2.24, 2.45) is 11.8 Å². The Morgan fingerprint density at radius 1 is 1.47 bits per heavy atom. The molecule has 2 saturated heterocycles. The second kappa shape index (κ2) is 7.84. The molecule has 5 heterocycles. The van der Waals surface area contributed by atoms with Crippen molar-refractivity contribution in [2.75, 3.05) is 19.4 Å². The van der Waals surface area contributed by atoms with Crippen molar-refractivity contribution in [2.45, 2.75) is 49.5 Å². The monoisotopic (exact) mass is 479 g/mol. The number of thiazole rings is 1. The zero-order valence-electron chi connectivity index (χ0n) is 18.1. The molecule has 0 spiro atoms. The number of carboxylic acids is 1. The summed E-state index contributed by atoms with van der Waals surface area (Å²) in [7, 11) is 0. The minimum Gasteiger partial charge on any atom is -0.477 e. The zero-order chi connectivity index (χ0) is 22.9. The van der Waals surface area contributed by atoms with E-state index in [1.165, 1.54) is 16.2 Å². The van der Waals surface area contributed by atoms with Gasteiger partial charge in [0.25, 0.3) is 6.33 Å². The first kappa shape index (κ1) is 21.9. The smallest absolute Gasteiger partial charge is 0.352 e. The number of imidazole rings is 1. The van der Waals surface area contributed by atoms with Crippen LogP contribution in [-0.2, 0) is 9.59 Å². The number of aromatic nitrogens is 2. The third kappa shape index (κ3) is 2.98. The normalized spacial score (nSPS) is 30.8. The topological polar surface area (TPSA) is 118 Å².